The first-order chi connectivity index (χ1) is 5.11. The average Bonchev–Trinajstić information content (AvgIpc) is 1.94. The first-order valence-electron chi connectivity index (χ1n) is 3.06. The zero-order chi connectivity index (χ0) is 8.43. The summed E-state index contributed by atoms with van der Waals surface area (Å²) in [4.78, 5) is 0.551. The van der Waals surface area contributed by atoms with Crippen LogP contribution in [0.1, 0.15) is 0 Å². The van der Waals surface area contributed by atoms with Gasteiger partial charge >= 0.3 is 7.12 Å². The van der Waals surface area contributed by atoms with Gasteiger partial charge in [0.1, 0.15) is 0 Å². The zero-order valence-corrected chi connectivity index (χ0v) is 6.62. The second kappa shape index (κ2) is 3.17. The summed E-state index contributed by atoms with van der Waals surface area (Å²) in [5, 5.41) is 17.4. The minimum Gasteiger partial charge on any atom is -0.423 e. The van der Waals surface area contributed by atoms with Gasteiger partial charge < -0.3 is 15.8 Å². The number of rotatable bonds is 1. The molecule has 0 aliphatic carbocycles. The second-order valence-corrected chi connectivity index (χ2v) is 2.67. The predicted octanol–water partition coefficient (Wildman–Crippen LogP) is -0.763. The summed E-state index contributed by atoms with van der Waals surface area (Å²) in [6.07, 6.45) is 0. The molecule has 0 aliphatic heterocycles. The predicted molar refractivity (Wildman–Crippen MR) is 47.9 cm³/mol. The maximum atomic E-state index is 8.72. The third-order valence-electron chi connectivity index (χ3n) is 1.35. The van der Waals surface area contributed by atoms with Crippen molar-refractivity contribution < 1.29 is 10.0 Å². The largest absolute Gasteiger partial charge is 0.488 e. The monoisotopic (exact) mass is 169 g/mol. The van der Waals surface area contributed by atoms with Gasteiger partial charge in [0.15, 0.2) is 0 Å². The molecule has 0 fully saturated rings. The van der Waals surface area contributed by atoms with Crippen LogP contribution in [0.2, 0.25) is 0 Å². The molecule has 11 heavy (non-hydrogen) atoms. The van der Waals surface area contributed by atoms with Crippen LogP contribution in [0.3, 0.4) is 0 Å². The Kier molecular flexibility index (Phi) is 2.43. The molecule has 0 atom stereocenters. The van der Waals surface area contributed by atoms with E-state index in [0.717, 1.165) is 0 Å². The van der Waals surface area contributed by atoms with Crippen molar-refractivity contribution >= 4 is 30.9 Å². The molecule has 0 amide bonds. The molecule has 0 saturated carbocycles. The molecular weight excluding hydrogens is 161 g/mol. The molecular formula is C6H8BNO2S. The average molecular weight is 169 g/mol. The highest BCUT2D eigenvalue weighted by Crippen LogP contribution is 2.12. The Morgan fingerprint density at radius 2 is 2.00 bits per heavy atom. The normalized spacial score (nSPS) is 9.73. The summed E-state index contributed by atoms with van der Waals surface area (Å²) in [5.41, 5.74) is 6.37. The van der Waals surface area contributed by atoms with E-state index in [2.05, 4.69) is 12.6 Å². The van der Waals surface area contributed by atoms with Crippen molar-refractivity contribution in [2.75, 3.05) is 5.73 Å². The van der Waals surface area contributed by atoms with Gasteiger partial charge in [0.05, 0.1) is 0 Å². The minimum atomic E-state index is -1.46. The fourth-order valence-electron chi connectivity index (χ4n) is 0.721. The molecule has 0 heterocycles. The number of hydrogen-bond acceptors (Lipinski definition) is 4. The summed E-state index contributed by atoms with van der Waals surface area (Å²) in [6, 6.07) is 4.64. The zero-order valence-electron chi connectivity index (χ0n) is 5.73. The first kappa shape index (κ1) is 8.45. The Bertz CT molecular complexity index is 267. The lowest BCUT2D eigenvalue weighted by molar-refractivity contribution is 0.425. The standard InChI is InChI=1S/C6H8BNO2S/c8-5-2-1-4(7(9)10)3-6(5)11/h1-3,9-11H,8H2. The molecule has 1 rings (SSSR count). The fourth-order valence-corrected chi connectivity index (χ4v) is 0.945. The van der Waals surface area contributed by atoms with E-state index in [-0.39, 0.29) is 0 Å². The molecule has 3 nitrogen and oxygen atoms in total. The second-order valence-electron chi connectivity index (χ2n) is 2.19. The Balaban J connectivity index is 3.05. The lowest BCUT2D eigenvalue weighted by Gasteiger charge is -2.02. The van der Waals surface area contributed by atoms with Crippen LogP contribution in [-0.4, -0.2) is 17.2 Å². The Hall–Kier alpha value is -0.645. The van der Waals surface area contributed by atoms with Crippen LogP contribution < -0.4 is 11.2 Å². The van der Waals surface area contributed by atoms with E-state index in [1.807, 2.05) is 0 Å². The third-order valence-corrected chi connectivity index (χ3v) is 1.74. The maximum absolute atomic E-state index is 8.72. The molecule has 58 valence electrons. The molecule has 0 aromatic heterocycles. The van der Waals surface area contributed by atoms with Gasteiger partial charge in [-0.2, -0.15) is 0 Å². The topological polar surface area (TPSA) is 66.5 Å². The number of hydrogen-bond donors (Lipinski definition) is 4. The van der Waals surface area contributed by atoms with E-state index >= 15 is 0 Å². The van der Waals surface area contributed by atoms with Crippen molar-refractivity contribution in [1.82, 2.24) is 0 Å². The van der Waals surface area contributed by atoms with E-state index < -0.39 is 7.12 Å². The van der Waals surface area contributed by atoms with Crippen molar-refractivity contribution in [3.05, 3.63) is 18.2 Å². The van der Waals surface area contributed by atoms with E-state index in [9.17, 15) is 0 Å². The lowest BCUT2D eigenvalue weighted by atomic mass is 9.80. The molecule has 0 radical (unpaired) electrons. The van der Waals surface area contributed by atoms with Gasteiger partial charge in [-0.1, -0.05) is 6.07 Å². The number of anilines is 1. The smallest absolute Gasteiger partial charge is 0.423 e. The number of nitrogen functional groups attached to an aromatic ring is 1. The lowest BCUT2D eigenvalue weighted by Crippen LogP contribution is -2.29. The molecule has 0 bridgehead atoms. The summed E-state index contributed by atoms with van der Waals surface area (Å²) < 4.78 is 0. The van der Waals surface area contributed by atoms with Gasteiger partial charge in [-0.3, -0.25) is 0 Å². The molecule has 1 aromatic carbocycles. The van der Waals surface area contributed by atoms with Gasteiger partial charge in [-0.05, 0) is 17.6 Å². The summed E-state index contributed by atoms with van der Waals surface area (Å²) in [7, 11) is -1.46. The van der Waals surface area contributed by atoms with Crippen LogP contribution in [0.5, 0.6) is 0 Å². The minimum absolute atomic E-state index is 0.393. The van der Waals surface area contributed by atoms with Gasteiger partial charge in [0, 0.05) is 10.6 Å². The van der Waals surface area contributed by atoms with E-state index in [4.69, 9.17) is 15.8 Å². The number of thiol groups is 1. The summed E-state index contributed by atoms with van der Waals surface area (Å²) >= 11 is 4.01. The molecule has 0 saturated heterocycles. The first-order valence-corrected chi connectivity index (χ1v) is 3.50. The highest BCUT2D eigenvalue weighted by Gasteiger charge is 2.10. The maximum Gasteiger partial charge on any atom is 0.488 e. The molecule has 0 unspecified atom stereocenters. The molecule has 4 N–H and O–H groups in total. The Morgan fingerprint density at radius 3 is 2.45 bits per heavy atom. The van der Waals surface area contributed by atoms with Crippen molar-refractivity contribution in [1.29, 1.82) is 0 Å². The van der Waals surface area contributed by atoms with Crippen LogP contribution in [0, 0.1) is 0 Å². The van der Waals surface area contributed by atoms with E-state index in [1.165, 1.54) is 6.07 Å². The van der Waals surface area contributed by atoms with Crippen LogP contribution in [0.15, 0.2) is 23.1 Å². The molecule has 0 aliphatic rings. The van der Waals surface area contributed by atoms with Crippen molar-refractivity contribution in [2.24, 2.45) is 0 Å². The SMILES string of the molecule is Nc1ccc(B(O)O)cc1S. The van der Waals surface area contributed by atoms with Crippen LogP contribution in [0.25, 0.3) is 0 Å². The number of nitrogens with two attached hydrogens (primary N) is 1. The molecule has 0 spiro atoms. The summed E-state index contributed by atoms with van der Waals surface area (Å²) in [5.74, 6) is 0. The Morgan fingerprint density at radius 1 is 1.36 bits per heavy atom. The highest BCUT2D eigenvalue weighted by atomic mass is 32.1. The van der Waals surface area contributed by atoms with Crippen molar-refractivity contribution in [2.45, 2.75) is 4.90 Å². The molecule has 1 aromatic rings. The van der Waals surface area contributed by atoms with Crippen LogP contribution in [-0.2, 0) is 0 Å². The van der Waals surface area contributed by atoms with Gasteiger partial charge in [-0.15, -0.1) is 12.6 Å². The van der Waals surface area contributed by atoms with Crippen LogP contribution >= 0.6 is 12.6 Å². The fraction of sp³-hybridized carbons (Fsp3) is 0. The summed E-state index contributed by atoms with van der Waals surface area (Å²) in [6.45, 7) is 0. The van der Waals surface area contributed by atoms with Gasteiger partial charge in [-0.25, -0.2) is 0 Å². The third kappa shape index (κ3) is 1.89. The van der Waals surface area contributed by atoms with Crippen molar-refractivity contribution in [3.63, 3.8) is 0 Å². The van der Waals surface area contributed by atoms with Gasteiger partial charge in [0.25, 0.3) is 0 Å². The van der Waals surface area contributed by atoms with Crippen LogP contribution in [0.4, 0.5) is 5.69 Å². The molecule has 5 heteroatoms. The number of benzene rings is 1. The van der Waals surface area contributed by atoms with E-state index in [0.29, 0.717) is 16.0 Å². The highest BCUT2D eigenvalue weighted by molar-refractivity contribution is 7.80. The van der Waals surface area contributed by atoms with Crippen molar-refractivity contribution in [3.8, 4) is 0 Å². The van der Waals surface area contributed by atoms with E-state index in [1.54, 1.807) is 12.1 Å². The van der Waals surface area contributed by atoms with Gasteiger partial charge in [0.2, 0.25) is 0 Å². The quantitative estimate of drug-likeness (QED) is 0.253. The Labute approximate surface area is 70.4 Å².